The quantitative estimate of drug-likeness (QED) is 0.311. The summed E-state index contributed by atoms with van der Waals surface area (Å²) in [5.74, 6) is -2.69. The molecular weight excluding hydrogens is 584 g/mol. The van der Waals surface area contributed by atoms with Crippen molar-refractivity contribution in [2.45, 2.75) is 68.2 Å². The van der Waals surface area contributed by atoms with Gasteiger partial charge in [0.2, 0.25) is 17.7 Å². The van der Waals surface area contributed by atoms with E-state index in [9.17, 15) is 14.4 Å². The van der Waals surface area contributed by atoms with Gasteiger partial charge in [0.25, 0.3) is 0 Å². The average Bonchev–Trinajstić information content (AvgIpc) is 3.36. The lowest BCUT2D eigenvalue weighted by Gasteiger charge is -2.56. The maximum atomic E-state index is 16.0. The third kappa shape index (κ3) is 3.43. The van der Waals surface area contributed by atoms with Gasteiger partial charge in [-0.3, -0.25) is 19.7 Å². The fourth-order valence-corrected chi connectivity index (χ4v) is 8.86. The van der Waals surface area contributed by atoms with Crippen LogP contribution in [0.1, 0.15) is 50.2 Å². The molecule has 2 bridgehead atoms. The van der Waals surface area contributed by atoms with Crippen LogP contribution in [0.4, 0.5) is 10.1 Å². The zero-order valence-corrected chi connectivity index (χ0v) is 24.8. The Morgan fingerprint density at radius 3 is 2.74 bits per heavy atom. The van der Waals surface area contributed by atoms with Crippen molar-refractivity contribution in [1.82, 2.24) is 20.9 Å². The van der Waals surface area contributed by atoms with Crippen LogP contribution in [-0.2, 0) is 24.5 Å². The van der Waals surface area contributed by atoms with Gasteiger partial charge in [0.05, 0.1) is 36.8 Å². The van der Waals surface area contributed by atoms with Gasteiger partial charge in [0.15, 0.2) is 11.0 Å². The van der Waals surface area contributed by atoms with E-state index in [0.717, 1.165) is 11.1 Å². The highest BCUT2D eigenvalue weighted by molar-refractivity contribution is 6.31. The molecule has 2 spiro atoms. The summed E-state index contributed by atoms with van der Waals surface area (Å²) < 4.78 is 22.3. The number of fused-ring (bicyclic) bond motifs is 3. The van der Waals surface area contributed by atoms with Crippen molar-refractivity contribution >= 4 is 46.6 Å². The number of ether oxygens (including phenoxy) is 1. The van der Waals surface area contributed by atoms with Crippen LogP contribution in [0.2, 0.25) is 10.2 Å². The fourth-order valence-electron chi connectivity index (χ4n) is 8.52. The Hall–Kier alpha value is -3.05. The Labute approximate surface area is 251 Å². The first-order valence-corrected chi connectivity index (χ1v) is 14.8. The van der Waals surface area contributed by atoms with Crippen molar-refractivity contribution in [3.05, 3.63) is 68.7 Å². The van der Waals surface area contributed by atoms with Crippen LogP contribution in [0.15, 0.2) is 41.6 Å². The minimum atomic E-state index is -1.47. The molecule has 6 atom stereocenters. The number of rotatable bonds is 3. The van der Waals surface area contributed by atoms with E-state index in [0.29, 0.717) is 29.1 Å². The monoisotopic (exact) mass is 613 g/mol. The summed E-state index contributed by atoms with van der Waals surface area (Å²) in [5.41, 5.74) is -0.0553. The smallest absolute Gasteiger partial charge is 0.238 e. The lowest BCUT2D eigenvalue weighted by Crippen LogP contribution is -2.67. The molecule has 220 valence electrons. The molecule has 5 aliphatic rings. The third-order valence-corrected chi connectivity index (χ3v) is 10.6. The van der Waals surface area contributed by atoms with E-state index in [1.54, 1.807) is 25.2 Å². The van der Waals surface area contributed by atoms with Gasteiger partial charge in [-0.15, -0.1) is 0 Å². The summed E-state index contributed by atoms with van der Waals surface area (Å²) >= 11 is 12.6. The Morgan fingerprint density at radius 1 is 1.19 bits per heavy atom. The summed E-state index contributed by atoms with van der Waals surface area (Å²) in [5, 5.41) is 12.6. The van der Waals surface area contributed by atoms with Crippen LogP contribution in [0.3, 0.4) is 0 Å². The van der Waals surface area contributed by atoms with E-state index < -0.39 is 46.3 Å². The normalized spacial score (nSPS) is 34.0. The fraction of sp³-hybridized carbons (Fsp3) is 0.467. The molecule has 4 aliphatic heterocycles. The highest BCUT2D eigenvalue weighted by Gasteiger charge is 2.76. The summed E-state index contributed by atoms with van der Waals surface area (Å²) in [7, 11) is 1.58. The van der Waals surface area contributed by atoms with E-state index in [1.165, 1.54) is 12.3 Å². The number of carbonyl (C=O) groups is 3. The second kappa shape index (κ2) is 9.22. The summed E-state index contributed by atoms with van der Waals surface area (Å²) in [6, 6.07) is 5.13. The Morgan fingerprint density at radius 2 is 1.98 bits per heavy atom. The lowest BCUT2D eigenvalue weighted by molar-refractivity contribution is -0.128. The Bertz CT molecular complexity index is 1610. The first kappa shape index (κ1) is 27.8. The molecule has 3 amide bonds. The predicted octanol–water partition coefficient (Wildman–Crippen LogP) is 3.36. The zero-order chi connectivity index (χ0) is 29.8. The molecular formula is C30H30Cl2FN5O4. The number of anilines is 1. The molecule has 2 aromatic rings. The lowest BCUT2D eigenvalue weighted by atomic mass is 9.49. The van der Waals surface area contributed by atoms with E-state index in [1.807, 2.05) is 0 Å². The Balaban J connectivity index is 1.60. The van der Waals surface area contributed by atoms with Crippen molar-refractivity contribution < 1.29 is 23.5 Å². The van der Waals surface area contributed by atoms with Gasteiger partial charge < -0.3 is 20.7 Å². The van der Waals surface area contributed by atoms with E-state index in [-0.39, 0.29) is 41.5 Å². The molecule has 0 saturated carbocycles. The molecule has 12 heteroatoms. The number of hydrogen-bond acceptors (Lipinski definition) is 6. The minimum Gasteiger partial charge on any atom is -0.371 e. The summed E-state index contributed by atoms with van der Waals surface area (Å²) in [6.07, 6.45) is 1.99. The predicted molar refractivity (Wildman–Crippen MR) is 154 cm³/mol. The standard InChI is InChI=1S/C30H30Cl2FN5O4/c1-28(2)7-8-29-21-17(12-42-18(22(21)28)11-19(39)34-3)36-26(40)24(38-29)20(14-6-9-35-25(32)23(14)33)30(29)15-5-4-13(31)10-16(15)37-27(30)41/h4-6,9-10,17-18,20,24,38H,7-8,11-12H2,1-3H3,(H,34,39)(H,36,40)(H,37,41)/t17-,18+,20-,24+,29?,30+/m0/s1. The number of benzene rings is 1. The Kier molecular flexibility index (Phi) is 6.10. The van der Waals surface area contributed by atoms with Crippen molar-refractivity contribution in [2.75, 3.05) is 19.0 Å². The van der Waals surface area contributed by atoms with E-state index in [2.05, 4.69) is 40.1 Å². The highest BCUT2D eigenvalue weighted by atomic mass is 35.5. The number of nitrogens with zero attached hydrogens (tertiary/aromatic N) is 1. The van der Waals surface area contributed by atoms with Gasteiger partial charge in [-0.2, -0.15) is 0 Å². The van der Waals surface area contributed by atoms with Crippen LogP contribution < -0.4 is 21.3 Å². The molecule has 2 fully saturated rings. The number of hydrogen-bond donors (Lipinski definition) is 4. The van der Waals surface area contributed by atoms with Crippen LogP contribution in [-0.4, -0.2) is 60.1 Å². The summed E-state index contributed by atoms with van der Waals surface area (Å²) in [4.78, 5) is 45.4. The number of aromatic nitrogens is 1. The van der Waals surface area contributed by atoms with Crippen LogP contribution in [0.5, 0.6) is 0 Å². The van der Waals surface area contributed by atoms with Crippen molar-refractivity contribution in [1.29, 1.82) is 0 Å². The highest BCUT2D eigenvalue weighted by Crippen LogP contribution is 2.67. The van der Waals surface area contributed by atoms with Gasteiger partial charge in [-0.05, 0) is 58.7 Å². The molecule has 1 unspecified atom stereocenters. The number of halogens is 3. The molecule has 5 heterocycles. The van der Waals surface area contributed by atoms with Gasteiger partial charge in [0, 0.05) is 29.9 Å². The average molecular weight is 615 g/mol. The van der Waals surface area contributed by atoms with Gasteiger partial charge >= 0.3 is 0 Å². The molecule has 1 aromatic carbocycles. The SMILES string of the molecule is CNC(=O)C[C@H]1OC[C@@H]2NC(=O)[C@@H]3NC4(CCC(C)(C)C1=C24)[C@@]1(C(=O)Nc2cc(Cl)ccc21)[C@H]3c1ccnc(Cl)c1F. The van der Waals surface area contributed by atoms with E-state index in [4.69, 9.17) is 27.9 Å². The van der Waals surface area contributed by atoms with Crippen LogP contribution >= 0.6 is 23.2 Å². The molecule has 1 aliphatic carbocycles. The topological polar surface area (TPSA) is 121 Å². The maximum Gasteiger partial charge on any atom is 0.238 e. The first-order chi connectivity index (χ1) is 20.0. The summed E-state index contributed by atoms with van der Waals surface area (Å²) in [6.45, 7) is 4.32. The maximum absolute atomic E-state index is 16.0. The molecule has 0 radical (unpaired) electrons. The molecule has 7 rings (SSSR count). The molecule has 1 aromatic heterocycles. The third-order valence-electron chi connectivity index (χ3n) is 10.1. The second-order valence-corrected chi connectivity index (χ2v) is 13.2. The van der Waals surface area contributed by atoms with Gasteiger partial charge in [-0.25, -0.2) is 9.37 Å². The van der Waals surface area contributed by atoms with E-state index >= 15 is 4.39 Å². The molecule has 2 saturated heterocycles. The largest absolute Gasteiger partial charge is 0.371 e. The molecule has 9 nitrogen and oxygen atoms in total. The van der Waals surface area contributed by atoms with Crippen molar-refractivity contribution in [2.24, 2.45) is 5.41 Å². The number of nitrogens with one attached hydrogen (secondary N) is 4. The number of carbonyl (C=O) groups excluding carboxylic acids is 3. The van der Waals surface area contributed by atoms with Crippen molar-refractivity contribution in [3.63, 3.8) is 0 Å². The zero-order valence-electron chi connectivity index (χ0n) is 23.2. The first-order valence-electron chi connectivity index (χ1n) is 14.0. The molecule has 42 heavy (non-hydrogen) atoms. The second-order valence-electron chi connectivity index (χ2n) is 12.4. The van der Waals surface area contributed by atoms with Gasteiger partial charge in [-0.1, -0.05) is 43.1 Å². The molecule has 4 N–H and O–H groups in total. The van der Waals surface area contributed by atoms with Crippen LogP contribution in [0.25, 0.3) is 0 Å². The minimum absolute atomic E-state index is 0.0857. The number of amides is 3. The van der Waals surface area contributed by atoms with Crippen LogP contribution in [0, 0.1) is 11.2 Å². The van der Waals surface area contributed by atoms with Gasteiger partial charge in [0.1, 0.15) is 5.41 Å². The number of pyridine rings is 1. The van der Waals surface area contributed by atoms with Crippen molar-refractivity contribution in [3.8, 4) is 0 Å².